The Hall–Kier alpha value is -0.900. The van der Waals surface area contributed by atoms with Crippen molar-refractivity contribution in [2.75, 3.05) is 13.1 Å². The highest BCUT2D eigenvalue weighted by atomic mass is 16.5. The summed E-state index contributed by atoms with van der Waals surface area (Å²) in [5.41, 5.74) is 0.198. The van der Waals surface area contributed by atoms with Gasteiger partial charge in [-0.15, -0.1) is 0 Å². The molecule has 4 nitrogen and oxygen atoms in total. The highest BCUT2D eigenvalue weighted by Gasteiger charge is 2.38. The minimum absolute atomic E-state index is 0.198. The van der Waals surface area contributed by atoms with Crippen LogP contribution in [-0.4, -0.2) is 23.2 Å². The Morgan fingerprint density at radius 1 is 1.38 bits per heavy atom. The molecule has 2 aliphatic rings. The lowest BCUT2D eigenvalue weighted by Crippen LogP contribution is -2.32. The SMILES string of the molecule is CC1(c2noc(C3CCCNC3)n2)CCC1. The van der Waals surface area contributed by atoms with Crippen molar-refractivity contribution in [3.05, 3.63) is 11.7 Å². The molecule has 1 atom stereocenters. The zero-order valence-corrected chi connectivity index (χ0v) is 9.83. The Bertz CT molecular complexity index is 364. The van der Waals surface area contributed by atoms with Gasteiger partial charge in [0.15, 0.2) is 5.82 Å². The third kappa shape index (κ3) is 1.65. The van der Waals surface area contributed by atoms with Crippen LogP contribution in [0.1, 0.15) is 56.7 Å². The summed E-state index contributed by atoms with van der Waals surface area (Å²) >= 11 is 0. The minimum Gasteiger partial charge on any atom is -0.339 e. The quantitative estimate of drug-likeness (QED) is 0.829. The van der Waals surface area contributed by atoms with Gasteiger partial charge in [-0.05, 0) is 32.2 Å². The van der Waals surface area contributed by atoms with Crippen molar-refractivity contribution in [1.29, 1.82) is 0 Å². The monoisotopic (exact) mass is 221 g/mol. The topological polar surface area (TPSA) is 51.0 Å². The molecule has 0 bridgehead atoms. The fraction of sp³-hybridized carbons (Fsp3) is 0.833. The molecule has 2 fully saturated rings. The molecule has 1 saturated heterocycles. The molecule has 1 N–H and O–H groups in total. The van der Waals surface area contributed by atoms with E-state index in [1.165, 1.54) is 32.1 Å². The summed E-state index contributed by atoms with van der Waals surface area (Å²) in [5, 5.41) is 7.55. The van der Waals surface area contributed by atoms with Gasteiger partial charge < -0.3 is 9.84 Å². The maximum absolute atomic E-state index is 5.43. The van der Waals surface area contributed by atoms with Crippen molar-refractivity contribution >= 4 is 0 Å². The standard InChI is InChI=1S/C12H19N3O/c1-12(5-3-6-12)11-14-10(16-15-11)9-4-2-7-13-8-9/h9,13H,2-8H2,1H3. The first-order valence-electron chi connectivity index (χ1n) is 6.33. The first kappa shape index (κ1) is 10.3. The molecule has 1 aromatic heterocycles. The molecule has 1 saturated carbocycles. The lowest BCUT2D eigenvalue weighted by molar-refractivity contribution is 0.244. The van der Waals surface area contributed by atoms with Crippen molar-refractivity contribution in [1.82, 2.24) is 15.5 Å². The molecule has 88 valence electrons. The van der Waals surface area contributed by atoms with E-state index >= 15 is 0 Å². The van der Waals surface area contributed by atoms with Crippen LogP contribution in [0.4, 0.5) is 0 Å². The number of hydrogen-bond donors (Lipinski definition) is 1. The van der Waals surface area contributed by atoms with Crippen molar-refractivity contribution in [2.45, 2.75) is 50.4 Å². The van der Waals surface area contributed by atoms with E-state index in [2.05, 4.69) is 22.4 Å². The Morgan fingerprint density at radius 3 is 2.88 bits per heavy atom. The molecule has 0 amide bonds. The molecule has 1 aromatic rings. The highest BCUT2D eigenvalue weighted by Crippen LogP contribution is 2.42. The molecule has 4 heteroatoms. The molecule has 0 spiro atoms. The Labute approximate surface area is 95.8 Å². The summed E-state index contributed by atoms with van der Waals surface area (Å²) in [7, 11) is 0. The van der Waals surface area contributed by atoms with Crippen LogP contribution >= 0.6 is 0 Å². The summed E-state index contributed by atoms with van der Waals surface area (Å²) < 4.78 is 5.43. The Balaban J connectivity index is 1.76. The maximum atomic E-state index is 5.43. The number of rotatable bonds is 2. The van der Waals surface area contributed by atoms with Gasteiger partial charge in [-0.25, -0.2) is 0 Å². The molecule has 16 heavy (non-hydrogen) atoms. The van der Waals surface area contributed by atoms with E-state index in [1.54, 1.807) is 0 Å². The van der Waals surface area contributed by atoms with Gasteiger partial charge in [-0.3, -0.25) is 0 Å². The summed E-state index contributed by atoms with van der Waals surface area (Å²) in [6.07, 6.45) is 6.08. The third-order valence-electron chi connectivity index (χ3n) is 4.08. The number of aromatic nitrogens is 2. The van der Waals surface area contributed by atoms with Crippen LogP contribution in [0.3, 0.4) is 0 Å². The van der Waals surface area contributed by atoms with Crippen LogP contribution in [-0.2, 0) is 5.41 Å². The van der Waals surface area contributed by atoms with E-state index in [0.29, 0.717) is 5.92 Å². The number of nitrogens with zero attached hydrogens (tertiary/aromatic N) is 2. The molecular weight excluding hydrogens is 202 g/mol. The summed E-state index contributed by atoms with van der Waals surface area (Å²) in [5.74, 6) is 2.20. The average molecular weight is 221 g/mol. The molecule has 3 rings (SSSR count). The molecular formula is C12H19N3O. The third-order valence-corrected chi connectivity index (χ3v) is 4.08. The summed E-state index contributed by atoms with van der Waals surface area (Å²) in [6.45, 7) is 4.35. The molecule has 0 radical (unpaired) electrons. The van der Waals surface area contributed by atoms with Crippen molar-refractivity contribution in [3.63, 3.8) is 0 Å². The molecule has 1 aliphatic carbocycles. The predicted octanol–water partition coefficient (Wildman–Crippen LogP) is 1.98. The Kier molecular flexibility index (Phi) is 2.46. The van der Waals surface area contributed by atoms with Gasteiger partial charge in [0.25, 0.3) is 0 Å². The van der Waals surface area contributed by atoms with Crippen LogP contribution in [0.5, 0.6) is 0 Å². The summed E-state index contributed by atoms with van der Waals surface area (Å²) in [4.78, 5) is 4.61. The molecule has 2 heterocycles. The van der Waals surface area contributed by atoms with Gasteiger partial charge in [-0.2, -0.15) is 4.98 Å². The predicted molar refractivity (Wildman–Crippen MR) is 60.3 cm³/mol. The molecule has 1 unspecified atom stereocenters. The van der Waals surface area contributed by atoms with E-state index in [-0.39, 0.29) is 5.41 Å². The van der Waals surface area contributed by atoms with E-state index in [0.717, 1.165) is 24.8 Å². The lowest BCUT2D eigenvalue weighted by atomic mass is 9.70. The number of nitrogens with one attached hydrogen (secondary N) is 1. The molecule has 0 aromatic carbocycles. The van der Waals surface area contributed by atoms with Gasteiger partial charge in [0.2, 0.25) is 5.89 Å². The second-order valence-corrected chi connectivity index (χ2v) is 5.41. The van der Waals surface area contributed by atoms with Gasteiger partial charge in [0.1, 0.15) is 0 Å². The van der Waals surface area contributed by atoms with E-state index in [1.807, 2.05) is 0 Å². The smallest absolute Gasteiger partial charge is 0.231 e. The summed E-state index contributed by atoms with van der Waals surface area (Å²) in [6, 6.07) is 0. The first-order valence-corrected chi connectivity index (χ1v) is 6.33. The zero-order chi connectivity index (χ0) is 11.0. The Morgan fingerprint density at radius 2 is 2.25 bits per heavy atom. The van der Waals surface area contributed by atoms with E-state index in [4.69, 9.17) is 4.52 Å². The van der Waals surface area contributed by atoms with Gasteiger partial charge >= 0.3 is 0 Å². The van der Waals surface area contributed by atoms with Crippen molar-refractivity contribution in [2.24, 2.45) is 0 Å². The van der Waals surface area contributed by atoms with E-state index < -0.39 is 0 Å². The highest BCUT2D eigenvalue weighted by molar-refractivity contribution is 5.11. The van der Waals surface area contributed by atoms with Gasteiger partial charge in [0.05, 0.1) is 5.92 Å². The first-order chi connectivity index (χ1) is 7.78. The minimum atomic E-state index is 0.198. The number of piperidine rings is 1. The van der Waals surface area contributed by atoms with Crippen LogP contribution in [0, 0.1) is 0 Å². The zero-order valence-electron chi connectivity index (χ0n) is 9.83. The number of hydrogen-bond acceptors (Lipinski definition) is 4. The fourth-order valence-electron chi connectivity index (χ4n) is 2.64. The second-order valence-electron chi connectivity index (χ2n) is 5.41. The van der Waals surface area contributed by atoms with Crippen molar-refractivity contribution in [3.8, 4) is 0 Å². The van der Waals surface area contributed by atoms with Gasteiger partial charge in [0, 0.05) is 12.0 Å². The molecule has 1 aliphatic heterocycles. The van der Waals surface area contributed by atoms with Crippen molar-refractivity contribution < 1.29 is 4.52 Å². The van der Waals surface area contributed by atoms with Gasteiger partial charge in [-0.1, -0.05) is 18.5 Å². The fourth-order valence-corrected chi connectivity index (χ4v) is 2.64. The van der Waals surface area contributed by atoms with E-state index in [9.17, 15) is 0 Å². The second kappa shape index (κ2) is 3.84. The maximum Gasteiger partial charge on any atom is 0.231 e. The van der Waals surface area contributed by atoms with Crippen LogP contribution in [0.25, 0.3) is 0 Å². The largest absolute Gasteiger partial charge is 0.339 e. The lowest BCUT2D eigenvalue weighted by Gasteiger charge is -2.34. The normalized spacial score (nSPS) is 28.7. The van der Waals surface area contributed by atoms with Crippen LogP contribution in [0.2, 0.25) is 0 Å². The van der Waals surface area contributed by atoms with Crippen LogP contribution in [0.15, 0.2) is 4.52 Å². The average Bonchev–Trinajstić information content (AvgIpc) is 2.77. The van der Waals surface area contributed by atoms with Crippen LogP contribution < -0.4 is 5.32 Å².